The molecule has 0 unspecified atom stereocenters. The summed E-state index contributed by atoms with van der Waals surface area (Å²) in [5.74, 6) is -0.0534. The normalized spacial score (nSPS) is 11.4. The van der Waals surface area contributed by atoms with Crippen LogP contribution >= 0.6 is 31.9 Å². The highest BCUT2D eigenvalue weighted by Crippen LogP contribution is 2.26. The average molecular weight is 364 g/mol. The Morgan fingerprint density at radius 1 is 1.35 bits per heavy atom. The summed E-state index contributed by atoms with van der Waals surface area (Å²) in [6.07, 6.45) is 0. The van der Waals surface area contributed by atoms with Crippen LogP contribution in [0.4, 0.5) is 5.69 Å². The standard InChI is InChI=1S/C12H16Br2N2O/c1-4-15-12(2,3)11(17)16-10-6-5-8(13)7-9(10)14/h5-7,15H,4H2,1-3H3,(H,16,17). The van der Waals surface area contributed by atoms with E-state index >= 15 is 0 Å². The molecule has 0 fully saturated rings. The van der Waals surface area contributed by atoms with Gasteiger partial charge in [-0.3, -0.25) is 4.79 Å². The number of nitrogens with one attached hydrogen (secondary N) is 2. The molecule has 0 radical (unpaired) electrons. The summed E-state index contributed by atoms with van der Waals surface area (Å²) in [6.45, 7) is 6.45. The fourth-order valence-electron chi connectivity index (χ4n) is 1.39. The van der Waals surface area contributed by atoms with E-state index in [2.05, 4.69) is 42.5 Å². The van der Waals surface area contributed by atoms with E-state index in [0.29, 0.717) is 0 Å². The number of likely N-dealkylation sites (N-methyl/N-ethyl adjacent to an activating group) is 1. The lowest BCUT2D eigenvalue weighted by Gasteiger charge is -2.24. The van der Waals surface area contributed by atoms with E-state index < -0.39 is 5.54 Å². The minimum Gasteiger partial charge on any atom is -0.323 e. The van der Waals surface area contributed by atoms with Crippen LogP contribution in [0.3, 0.4) is 0 Å². The Hall–Kier alpha value is -0.390. The van der Waals surface area contributed by atoms with Gasteiger partial charge < -0.3 is 10.6 Å². The van der Waals surface area contributed by atoms with E-state index in [4.69, 9.17) is 0 Å². The van der Waals surface area contributed by atoms with Gasteiger partial charge in [0.25, 0.3) is 0 Å². The molecule has 0 spiro atoms. The number of rotatable bonds is 4. The number of benzene rings is 1. The molecule has 0 aliphatic heterocycles. The highest BCUT2D eigenvalue weighted by molar-refractivity contribution is 9.11. The van der Waals surface area contributed by atoms with Gasteiger partial charge in [0, 0.05) is 8.95 Å². The van der Waals surface area contributed by atoms with Crippen LogP contribution in [0, 0.1) is 0 Å². The van der Waals surface area contributed by atoms with Crippen molar-refractivity contribution < 1.29 is 4.79 Å². The van der Waals surface area contributed by atoms with Crippen LogP contribution in [0.15, 0.2) is 27.1 Å². The molecule has 0 saturated heterocycles. The third kappa shape index (κ3) is 4.08. The summed E-state index contributed by atoms with van der Waals surface area (Å²) in [5.41, 5.74) is 0.186. The third-order valence-corrected chi connectivity index (χ3v) is 3.52. The van der Waals surface area contributed by atoms with Gasteiger partial charge in [-0.15, -0.1) is 0 Å². The molecule has 94 valence electrons. The first kappa shape index (κ1) is 14.7. The summed E-state index contributed by atoms with van der Waals surface area (Å²) in [5, 5.41) is 6.03. The molecular weight excluding hydrogens is 348 g/mol. The Bertz CT molecular complexity index is 419. The number of hydrogen-bond acceptors (Lipinski definition) is 2. The average Bonchev–Trinajstić information content (AvgIpc) is 2.22. The molecule has 1 aromatic rings. The van der Waals surface area contributed by atoms with Crippen LogP contribution in [0.25, 0.3) is 0 Å². The predicted octanol–water partition coefficient (Wildman–Crippen LogP) is 3.54. The maximum absolute atomic E-state index is 12.1. The number of hydrogen-bond donors (Lipinski definition) is 2. The van der Waals surface area contributed by atoms with E-state index in [1.165, 1.54) is 0 Å². The molecule has 0 saturated carbocycles. The van der Waals surface area contributed by atoms with Crippen molar-refractivity contribution in [2.24, 2.45) is 0 Å². The molecule has 0 atom stereocenters. The van der Waals surface area contributed by atoms with Crippen molar-refractivity contribution in [3.05, 3.63) is 27.1 Å². The van der Waals surface area contributed by atoms with E-state index in [0.717, 1.165) is 21.2 Å². The second-order valence-corrected chi connectivity index (χ2v) is 6.00. The van der Waals surface area contributed by atoms with Gasteiger partial charge in [-0.25, -0.2) is 0 Å². The number of halogens is 2. The number of carbonyl (C=O) groups is 1. The second-order valence-electron chi connectivity index (χ2n) is 4.23. The van der Waals surface area contributed by atoms with E-state index in [-0.39, 0.29) is 5.91 Å². The minimum absolute atomic E-state index is 0.0534. The van der Waals surface area contributed by atoms with Gasteiger partial charge in [-0.2, -0.15) is 0 Å². The van der Waals surface area contributed by atoms with Crippen LogP contribution < -0.4 is 10.6 Å². The van der Waals surface area contributed by atoms with Crippen molar-refractivity contribution in [1.29, 1.82) is 0 Å². The Morgan fingerprint density at radius 3 is 2.53 bits per heavy atom. The number of carbonyl (C=O) groups excluding carboxylic acids is 1. The van der Waals surface area contributed by atoms with E-state index in [1.54, 1.807) is 0 Å². The zero-order chi connectivity index (χ0) is 13.1. The molecule has 0 bridgehead atoms. The summed E-state index contributed by atoms with van der Waals surface area (Å²) in [7, 11) is 0. The van der Waals surface area contributed by atoms with Gasteiger partial charge in [-0.1, -0.05) is 22.9 Å². The van der Waals surface area contributed by atoms with Gasteiger partial charge >= 0.3 is 0 Å². The van der Waals surface area contributed by atoms with Crippen LogP contribution in [0.1, 0.15) is 20.8 Å². The molecule has 2 N–H and O–H groups in total. The molecule has 0 aromatic heterocycles. The molecule has 0 heterocycles. The van der Waals surface area contributed by atoms with Crippen LogP contribution in [-0.4, -0.2) is 18.0 Å². The van der Waals surface area contributed by atoms with Crippen molar-refractivity contribution >= 4 is 43.5 Å². The first-order valence-electron chi connectivity index (χ1n) is 5.38. The Kier molecular flexibility index (Phi) is 5.16. The Balaban J connectivity index is 2.81. The SMILES string of the molecule is CCNC(C)(C)C(=O)Nc1ccc(Br)cc1Br. The lowest BCUT2D eigenvalue weighted by Crippen LogP contribution is -2.49. The first-order chi connectivity index (χ1) is 7.86. The highest BCUT2D eigenvalue weighted by atomic mass is 79.9. The van der Waals surface area contributed by atoms with E-state index in [9.17, 15) is 4.79 Å². The molecule has 5 heteroatoms. The Labute approximate surface area is 119 Å². The molecule has 17 heavy (non-hydrogen) atoms. The van der Waals surface area contributed by atoms with Crippen molar-refractivity contribution in [3.63, 3.8) is 0 Å². The fourth-order valence-corrected chi connectivity index (χ4v) is 2.54. The zero-order valence-corrected chi connectivity index (χ0v) is 13.3. The van der Waals surface area contributed by atoms with Gasteiger partial charge in [-0.05, 0) is 54.5 Å². The predicted molar refractivity (Wildman–Crippen MR) is 78.2 cm³/mol. The van der Waals surface area contributed by atoms with Crippen molar-refractivity contribution in [2.75, 3.05) is 11.9 Å². The van der Waals surface area contributed by atoms with Gasteiger partial charge in [0.05, 0.1) is 11.2 Å². The third-order valence-electron chi connectivity index (χ3n) is 2.37. The fraction of sp³-hybridized carbons (Fsp3) is 0.417. The summed E-state index contributed by atoms with van der Waals surface area (Å²) in [6, 6.07) is 5.64. The molecule has 0 aliphatic carbocycles. The quantitative estimate of drug-likeness (QED) is 0.858. The largest absolute Gasteiger partial charge is 0.323 e. The maximum Gasteiger partial charge on any atom is 0.244 e. The number of amides is 1. The molecule has 1 aromatic carbocycles. The lowest BCUT2D eigenvalue weighted by molar-refractivity contribution is -0.121. The number of anilines is 1. The summed E-state index contributed by atoms with van der Waals surface area (Å²) >= 11 is 6.79. The smallest absolute Gasteiger partial charge is 0.244 e. The van der Waals surface area contributed by atoms with Crippen molar-refractivity contribution in [2.45, 2.75) is 26.3 Å². The topological polar surface area (TPSA) is 41.1 Å². The van der Waals surface area contributed by atoms with Crippen LogP contribution in [-0.2, 0) is 4.79 Å². The molecule has 1 rings (SSSR count). The highest BCUT2D eigenvalue weighted by Gasteiger charge is 2.26. The van der Waals surface area contributed by atoms with Gasteiger partial charge in [0.2, 0.25) is 5.91 Å². The van der Waals surface area contributed by atoms with Gasteiger partial charge in [0.15, 0.2) is 0 Å². The van der Waals surface area contributed by atoms with Crippen molar-refractivity contribution in [1.82, 2.24) is 5.32 Å². The van der Waals surface area contributed by atoms with Gasteiger partial charge in [0.1, 0.15) is 0 Å². The van der Waals surface area contributed by atoms with E-state index in [1.807, 2.05) is 39.0 Å². The second kappa shape index (κ2) is 5.98. The van der Waals surface area contributed by atoms with Crippen LogP contribution in [0.5, 0.6) is 0 Å². The minimum atomic E-state index is -0.582. The lowest BCUT2D eigenvalue weighted by atomic mass is 10.0. The molecular formula is C12H16Br2N2O. The maximum atomic E-state index is 12.1. The first-order valence-corrected chi connectivity index (χ1v) is 6.97. The molecule has 0 aliphatic rings. The monoisotopic (exact) mass is 362 g/mol. The van der Waals surface area contributed by atoms with Crippen molar-refractivity contribution in [3.8, 4) is 0 Å². The summed E-state index contributed by atoms with van der Waals surface area (Å²) < 4.78 is 1.82. The summed E-state index contributed by atoms with van der Waals surface area (Å²) in [4.78, 5) is 12.1. The Morgan fingerprint density at radius 2 is 2.00 bits per heavy atom. The molecule has 3 nitrogen and oxygen atoms in total. The zero-order valence-electron chi connectivity index (χ0n) is 10.1. The molecule has 1 amide bonds. The van der Waals surface area contributed by atoms with Crippen LogP contribution in [0.2, 0.25) is 0 Å².